The number of phosphoric ester groups is 1. The molecule has 2 N–H and O–H groups in total. The van der Waals surface area contributed by atoms with Crippen molar-refractivity contribution in [2.45, 2.75) is 13.3 Å². The van der Waals surface area contributed by atoms with Crippen LogP contribution in [0.5, 0.6) is 0 Å². The van der Waals surface area contributed by atoms with E-state index in [-0.39, 0.29) is 0 Å². The van der Waals surface area contributed by atoms with Gasteiger partial charge in [-0.25, -0.2) is 4.57 Å². The number of Topliss-reactive ketones (excluding diaryl/α,β-unsaturated/α-hetero) is 1. The smallest absolute Gasteiger partial charge is 0.370 e. The van der Waals surface area contributed by atoms with Crippen LogP contribution in [0.25, 0.3) is 0 Å². The Bertz CT molecular complexity index is 215. The molecule has 0 spiro atoms. The summed E-state index contributed by atoms with van der Waals surface area (Å²) in [6.45, 7) is 1.11. The summed E-state index contributed by atoms with van der Waals surface area (Å²) >= 11 is 0. The van der Waals surface area contributed by atoms with Crippen LogP contribution in [0.4, 0.5) is 0 Å². The van der Waals surface area contributed by atoms with E-state index in [1.165, 1.54) is 0 Å². The Hall–Kier alpha value is -0.710. The first-order chi connectivity index (χ1) is 4.81. The second kappa shape index (κ2) is 3.61. The van der Waals surface area contributed by atoms with E-state index in [2.05, 4.69) is 4.52 Å². The standard InChI is InChI=1S/C4H7O6P/c1-3(5)2-4(6)10-11(7,8)9/h2H2,1H3,(H2,7,8,9). The molecular weight excluding hydrogens is 175 g/mol. The average Bonchev–Trinajstić information content (AvgIpc) is 1.53. The largest absolute Gasteiger partial charge is 0.526 e. The zero-order valence-electron chi connectivity index (χ0n) is 5.68. The van der Waals surface area contributed by atoms with E-state index >= 15 is 0 Å². The molecule has 0 heterocycles. The highest BCUT2D eigenvalue weighted by molar-refractivity contribution is 7.46. The van der Waals surface area contributed by atoms with Crippen LogP contribution in [0.3, 0.4) is 0 Å². The Morgan fingerprint density at radius 1 is 1.45 bits per heavy atom. The molecule has 11 heavy (non-hydrogen) atoms. The van der Waals surface area contributed by atoms with Crippen LogP contribution in [0, 0.1) is 0 Å². The lowest BCUT2D eigenvalue weighted by molar-refractivity contribution is -0.138. The first kappa shape index (κ1) is 10.3. The maximum absolute atomic E-state index is 10.3. The van der Waals surface area contributed by atoms with E-state index < -0.39 is 26.0 Å². The monoisotopic (exact) mass is 182 g/mol. The number of rotatable bonds is 3. The zero-order chi connectivity index (χ0) is 9.07. The second-order valence-electron chi connectivity index (χ2n) is 1.83. The van der Waals surface area contributed by atoms with E-state index in [1.807, 2.05) is 0 Å². The summed E-state index contributed by atoms with van der Waals surface area (Å²) in [5.74, 6) is -1.73. The molecule has 6 nitrogen and oxygen atoms in total. The number of hydrogen-bond acceptors (Lipinski definition) is 4. The third kappa shape index (κ3) is 7.18. The molecule has 0 aliphatic heterocycles. The summed E-state index contributed by atoms with van der Waals surface area (Å²) in [6.07, 6.45) is -0.620. The van der Waals surface area contributed by atoms with E-state index in [4.69, 9.17) is 9.79 Å². The van der Waals surface area contributed by atoms with E-state index in [1.54, 1.807) is 0 Å². The molecule has 0 saturated carbocycles. The molecule has 0 aromatic rings. The van der Waals surface area contributed by atoms with E-state index in [9.17, 15) is 14.2 Å². The van der Waals surface area contributed by atoms with Crippen molar-refractivity contribution in [1.29, 1.82) is 0 Å². The molecule has 7 heteroatoms. The van der Waals surface area contributed by atoms with Crippen molar-refractivity contribution in [3.63, 3.8) is 0 Å². The Morgan fingerprint density at radius 2 is 1.91 bits per heavy atom. The molecule has 0 fully saturated rings. The number of carbonyl (C=O) groups is 2. The molecular formula is C4H7O6P. The zero-order valence-corrected chi connectivity index (χ0v) is 6.58. The maximum Gasteiger partial charge on any atom is 0.526 e. The molecule has 0 unspecified atom stereocenters. The van der Waals surface area contributed by atoms with Gasteiger partial charge in [-0.15, -0.1) is 0 Å². The molecule has 0 aliphatic rings. The predicted molar refractivity (Wildman–Crippen MR) is 33.4 cm³/mol. The molecule has 0 rings (SSSR count). The van der Waals surface area contributed by atoms with Gasteiger partial charge in [0.25, 0.3) is 0 Å². The lowest BCUT2D eigenvalue weighted by Crippen LogP contribution is -2.06. The minimum absolute atomic E-state index is 0.511. The lowest BCUT2D eigenvalue weighted by Gasteiger charge is -2.02. The van der Waals surface area contributed by atoms with Gasteiger partial charge in [-0.3, -0.25) is 19.4 Å². The fourth-order valence-electron chi connectivity index (χ4n) is 0.368. The van der Waals surface area contributed by atoms with Gasteiger partial charge in [-0.1, -0.05) is 0 Å². The Kier molecular flexibility index (Phi) is 3.38. The molecule has 64 valence electrons. The van der Waals surface area contributed by atoms with Crippen LogP contribution in [0.15, 0.2) is 0 Å². The molecule has 0 bridgehead atoms. The van der Waals surface area contributed by atoms with Crippen molar-refractivity contribution in [1.82, 2.24) is 0 Å². The van der Waals surface area contributed by atoms with Crippen LogP contribution in [-0.4, -0.2) is 21.5 Å². The highest BCUT2D eigenvalue weighted by atomic mass is 31.2. The van der Waals surface area contributed by atoms with Crippen molar-refractivity contribution in [2.24, 2.45) is 0 Å². The third-order valence-electron chi connectivity index (χ3n) is 0.614. The van der Waals surface area contributed by atoms with Crippen molar-refractivity contribution < 1.29 is 28.5 Å². The van der Waals surface area contributed by atoms with Gasteiger partial charge < -0.3 is 4.52 Å². The maximum atomic E-state index is 10.3. The van der Waals surface area contributed by atoms with Gasteiger partial charge in [0.1, 0.15) is 12.2 Å². The number of phosphoric acid groups is 1. The summed E-state index contributed by atoms with van der Waals surface area (Å²) in [7, 11) is -4.78. The van der Waals surface area contributed by atoms with E-state index in [0.717, 1.165) is 6.92 Å². The van der Waals surface area contributed by atoms with E-state index in [0.29, 0.717) is 0 Å². The van der Waals surface area contributed by atoms with Crippen LogP contribution < -0.4 is 0 Å². The number of hydrogen-bond donors (Lipinski definition) is 2. The fourth-order valence-corrected chi connectivity index (χ4v) is 0.698. The molecule has 0 aromatic carbocycles. The van der Waals surface area contributed by atoms with Crippen molar-refractivity contribution in [3.8, 4) is 0 Å². The quantitative estimate of drug-likeness (QED) is 0.455. The first-order valence-corrected chi connectivity index (χ1v) is 4.11. The number of ketones is 1. The van der Waals surface area contributed by atoms with Crippen LogP contribution >= 0.6 is 7.82 Å². The van der Waals surface area contributed by atoms with Crippen LogP contribution in [0.2, 0.25) is 0 Å². The van der Waals surface area contributed by atoms with Crippen LogP contribution in [-0.2, 0) is 18.7 Å². The summed E-state index contributed by atoms with van der Waals surface area (Å²) < 4.78 is 13.5. The summed E-state index contributed by atoms with van der Waals surface area (Å²) in [4.78, 5) is 36.6. The van der Waals surface area contributed by atoms with Gasteiger partial charge in [0, 0.05) is 0 Å². The fraction of sp³-hybridized carbons (Fsp3) is 0.500. The lowest BCUT2D eigenvalue weighted by atomic mass is 10.3. The van der Waals surface area contributed by atoms with Gasteiger partial charge in [-0.05, 0) is 6.92 Å². The summed E-state index contributed by atoms with van der Waals surface area (Å²) in [5.41, 5.74) is 0. The Morgan fingerprint density at radius 3 is 2.18 bits per heavy atom. The van der Waals surface area contributed by atoms with Crippen molar-refractivity contribution in [2.75, 3.05) is 0 Å². The Balaban J connectivity index is 3.90. The van der Waals surface area contributed by atoms with Crippen LogP contribution in [0.1, 0.15) is 13.3 Å². The Labute approximate surface area is 62.4 Å². The highest BCUT2D eigenvalue weighted by Gasteiger charge is 2.20. The molecule has 0 amide bonds. The van der Waals surface area contributed by atoms with Gasteiger partial charge >= 0.3 is 13.8 Å². The van der Waals surface area contributed by atoms with Gasteiger partial charge in [0.05, 0.1) is 0 Å². The molecule has 0 radical (unpaired) electrons. The second-order valence-corrected chi connectivity index (χ2v) is 3.00. The molecule has 0 aromatic heterocycles. The highest BCUT2D eigenvalue weighted by Crippen LogP contribution is 2.36. The third-order valence-corrected chi connectivity index (χ3v) is 1.06. The van der Waals surface area contributed by atoms with Crippen molar-refractivity contribution >= 4 is 19.6 Å². The minimum Gasteiger partial charge on any atom is -0.370 e. The minimum atomic E-state index is -4.78. The summed E-state index contributed by atoms with van der Waals surface area (Å²) in [6, 6.07) is 0. The number of carbonyl (C=O) groups excluding carboxylic acids is 2. The normalized spacial score (nSPS) is 10.8. The van der Waals surface area contributed by atoms with Gasteiger partial charge in [0.2, 0.25) is 0 Å². The van der Waals surface area contributed by atoms with Crippen molar-refractivity contribution in [3.05, 3.63) is 0 Å². The average molecular weight is 182 g/mol. The molecule has 0 aliphatic carbocycles. The molecule has 0 saturated heterocycles. The van der Waals surface area contributed by atoms with Gasteiger partial charge in [0.15, 0.2) is 0 Å². The van der Waals surface area contributed by atoms with Gasteiger partial charge in [-0.2, -0.15) is 0 Å². The topological polar surface area (TPSA) is 101 Å². The SMILES string of the molecule is CC(=O)CC(=O)OP(=O)(O)O. The first-order valence-electron chi connectivity index (χ1n) is 2.58. The molecule has 0 atom stereocenters. The predicted octanol–water partition coefficient (Wildman–Crippen LogP) is -0.399. The summed E-state index contributed by atoms with van der Waals surface area (Å²) in [5, 5.41) is 0.